The van der Waals surface area contributed by atoms with E-state index in [2.05, 4.69) is 18.2 Å². The number of hydrogen-bond donors (Lipinski definition) is 1. The number of rotatable bonds is 1. The van der Waals surface area contributed by atoms with Crippen LogP contribution in [0.4, 0.5) is 4.39 Å². The van der Waals surface area contributed by atoms with Gasteiger partial charge in [0.1, 0.15) is 11.6 Å². The zero-order valence-corrected chi connectivity index (χ0v) is 13.4. The summed E-state index contributed by atoms with van der Waals surface area (Å²) >= 11 is 0. The monoisotopic (exact) mass is 318 g/mol. The summed E-state index contributed by atoms with van der Waals surface area (Å²) in [5, 5.41) is 9.76. The first-order chi connectivity index (χ1) is 11.7. The Morgan fingerprint density at radius 1 is 1.00 bits per heavy atom. The van der Waals surface area contributed by atoms with Crippen molar-refractivity contribution in [3.63, 3.8) is 0 Å². The Morgan fingerprint density at radius 2 is 1.92 bits per heavy atom. The lowest BCUT2D eigenvalue weighted by atomic mass is 9.88. The fraction of sp³-hybridized carbons (Fsp3) is 0.182. The van der Waals surface area contributed by atoms with Gasteiger partial charge in [0.2, 0.25) is 0 Å². The summed E-state index contributed by atoms with van der Waals surface area (Å²) in [5.41, 5.74) is 6.93. The average molecular weight is 318 g/mol. The van der Waals surface area contributed by atoms with Crippen LogP contribution in [0.5, 0.6) is 5.75 Å². The van der Waals surface area contributed by atoms with E-state index in [1.54, 1.807) is 18.2 Å². The van der Waals surface area contributed by atoms with Crippen molar-refractivity contribution in [1.82, 2.24) is 0 Å². The van der Waals surface area contributed by atoms with Crippen LogP contribution in [-0.2, 0) is 6.42 Å². The van der Waals surface area contributed by atoms with Crippen molar-refractivity contribution < 1.29 is 9.50 Å². The van der Waals surface area contributed by atoms with Gasteiger partial charge in [-0.1, -0.05) is 35.9 Å². The van der Waals surface area contributed by atoms with Gasteiger partial charge >= 0.3 is 0 Å². The topological polar surface area (TPSA) is 20.2 Å². The fourth-order valence-corrected chi connectivity index (χ4v) is 3.65. The number of hydrogen-bond acceptors (Lipinski definition) is 1. The van der Waals surface area contributed by atoms with Crippen LogP contribution in [0.1, 0.15) is 36.0 Å². The van der Waals surface area contributed by atoms with Gasteiger partial charge in [0.05, 0.1) is 0 Å². The van der Waals surface area contributed by atoms with Crippen molar-refractivity contribution in [3.8, 4) is 5.75 Å². The van der Waals surface area contributed by atoms with Gasteiger partial charge in [-0.05, 0) is 83.9 Å². The van der Waals surface area contributed by atoms with Crippen molar-refractivity contribution in [1.29, 1.82) is 0 Å². The van der Waals surface area contributed by atoms with Crippen LogP contribution in [0, 0.1) is 5.82 Å². The lowest BCUT2D eigenvalue weighted by molar-refractivity contribution is 0.475. The summed E-state index contributed by atoms with van der Waals surface area (Å²) in [6.45, 7) is 0. The molecule has 0 fully saturated rings. The Labute approximate surface area is 141 Å². The molecule has 0 heterocycles. The maximum atomic E-state index is 13.7. The average Bonchev–Trinajstić information content (AvgIpc) is 2.73. The predicted molar refractivity (Wildman–Crippen MR) is 96.1 cm³/mol. The zero-order valence-electron chi connectivity index (χ0n) is 13.4. The molecule has 4 rings (SSSR count). The van der Waals surface area contributed by atoms with E-state index >= 15 is 0 Å². The van der Waals surface area contributed by atoms with Gasteiger partial charge in [-0.3, -0.25) is 0 Å². The van der Waals surface area contributed by atoms with Crippen LogP contribution in [0.2, 0.25) is 0 Å². The molecule has 2 aliphatic carbocycles. The largest absolute Gasteiger partial charge is 0.508 e. The lowest BCUT2D eigenvalue weighted by Crippen LogP contribution is -1.96. The number of aromatic hydroxyl groups is 1. The summed E-state index contributed by atoms with van der Waals surface area (Å²) < 4.78 is 13.7. The highest BCUT2D eigenvalue weighted by Crippen LogP contribution is 2.39. The minimum atomic E-state index is -0.180. The van der Waals surface area contributed by atoms with E-state index in [-0.39, 0.29) is 11.6 Å². The molecule has 2 aliphatic rings. The third-order valence-electron chi connectivity index (χ3n) is 4.80. The normalized spacial score (nSPS) is 18.3. The molecule has 0 amide bonds. The van der Waals surface area contributed by atoms with Crippen molar-refractivity contribution in [3.05, 3.63) is 88.3 Å². The molecule has 2 heteroatoms. The Balaban J connectivity index is 1.93. The van der Waals surface area contributed by atoms with Gasteiger partial charge in [-0.2, -0.15) is 0 Å². The van der Waals surface area contributed by atoms with Crippen LogP contribution in [0.3, 0.4) is 0 Å². The Bertz CT molecular complexity index is 887. The van der Waals surface area contributed by atoms with Crippen molar-refractivity contribution >= 4 is 11.6 Å². The fourth-order valence-electron chi connectivity index (χ4n) is 3.65. The molecule has 0 bridgehead atoms. The lowest BCUT2D eigenvalue weighted by Gasteiger charge is -2.17. The summed E-state index contributed by atoms with van der Waals surface area (Å²) in [4.78, 5) is 0. The Kier molecular flexibility index (Phi) is 3.81. The van der Waals surface area contributed by atoms with Gasteiger partial charge in [0, 0.05) is 0 Å². The Morgan fingerprint density at radius 3 is 2.79 bits per heavy atom. The minimum absolute atomic E-state index is 0.180. The number of halogens is 1. The van der Waals surface area contributed by atoms with Crippen LogP contribution < -0.4 is 0 Å². The molecule has 0 aromatic heterocycles. The van der Waals surface area contributed by atoms with Crippen molar-refractivity contribution in [2.24, 2.45) is 0 Å². The van der Waals surface area contributed by atoms with Crippen LogP contribution >= 0.6 is 0 Å². The molecule has 24 heavy (non-hydrogen) atoms. The molecule has 0 spiro atoms. The third kappa shape index (κ3) is 2.80. The number of phenols is 1. The van der Waals surface area contributed by atoms with E-state index in [1.807, 2.05) is 18.2 Å². The second-order valence-corrected chi connectivity index (χ2v) is 6.41. The summed E-state index contributed by atoms with van der Waals surface area (Å²) in [6, 6.07) is 12.3. The summed E-state index contributed by atoms with van der Waals surface area (Å²) in [7, 11) is 0. The van der Waals surface area contributed by atoms with E-state index in [4.69, 9.17) is 0 Å². The van der Waals surface area contributed by atoms with Gasteiger partial charge in [0.15, 0.2) is 0 Å². The molecule has 120 valence electrons. The van der Waals surface area contributed by atoms with E-state index in [1.165, 1.54) is 17.2 Å². The first-order valence-electron chi connectivity index (χ1n) is 8.39. The van der Waals surface area contributed by atoms with Gasteiger partial charge in [-0.25, -0.2) is 4.39 Å². The van der Waals surface area contributed by atoms with Crippen molar-refractivity contribution in [2.45, 2.75) is 25.7 Å². The first kappa shape index (κ1) is 14.9. The quantitative estimate of drug-likeness (QED) is 0.719. The molecule has 2 aromatic rings. The summed E-state index contributed by atoms with van der Waals surface area (Å²) in [6.07, 6.45) is 10.5. The molecule has 0 unspecified atom stereocenters. The smallest absolute Gasteiger partial charge is 0.123 e. The van der Waals surface area contributed by atoms with Gasteiger partial charge in [-0.15, -0.1) is 0 Å². The standard InChI is InChI=1S/C22H19FO/c23-18-10-11-21-17(14-18)9-8-16-5-1-2-7-20(16)22(21)13-15-4-3-6-19(24)12-15/h2-4,6-7,10-14,24H,1,5,8-9H2/b22-13-. The first-order valence-corrected chi connectivity index (χ1v) is 8.39. The summed E-state index contributed by atoms with van der Waals surface area (Å²) in [5.74, 6) is 0.0755. The highest BCUT2D eigenvalue weighted by Gasteiger charge is 2.21. The second kappa shape index (κ2) is 6.12. The molecular weight excluding hydrogens is 299 g/mol. The SMILES string of the molecule is Oc1cccc(/C=C2/C3=C(CCC=C3)CCc3cc(F)ccc32)c1. The van der Waals surface area contributed by atoms with E-state index in [9.17, 15) is 9.50 Å². The van der Waals surface area contributed by atoms with E-state index < -0.39 is 0 Å². The number of allylic oxidation sites excluding steroid dienone is 5. The van der Waals surface area contributed by atoms with Gasteiger partial charge < -0.3 is 5.11 Å². The molecular formula is C22H19FO. The van der Waals surface area contributed by atoms with Crippen LogP contribution in [0.25, 0.3) is 11.6 Å². The predicted octanol–water partition coefficient (Wildman–Crippen LogP) is 5.66. The number of fused-ring (bicyclic) bond motifs is 1. The molecule has 0 aliphatic heterocycles. The molecule has 1 N–H and O–H groups in total. The van der Waals surface area contributed by atoms with Gasteiger partial charge in [0.25, 0.3) is 0 Å². The molecule has 0 radical (unpaired) electrons. The highest BCUT2D eigenvalue weighted by atomic mass is 19.1. The van der Waals surface area contributed by atoms with E-state index in [0.29, 0.717) is 0 Å². The number of aryl methyl sites for hydroxylation is 1. The zero-order chi connectivity index (χ0) is 16.5. The number of benzene rings is 2. The molecule has 1 nitrogen and oxygen atoms in total. The van der Waals surface area contributed by atoms with E-state index in [0.717, 1.165) is 47.9 Å². The maximum Gasteiger partial charge on any atom is 0.123 e. The minimum Gasteiger partial charge on any atom is -0.508 e. The van der Waals surface area contributed by atoms with Crippen LogP contribution in [0.15, 0.2) is 65.8 Å². The molecule has 0 saturated heterocycles. The molecule has 0 atom stereocenters. The third-order valence-corrected chi connectivity index (χ3v) is 4.80. The number of phenolic OH excluding ortho intramolecular Hbond substituents is 1. The molecule has 2 aromatic carbocycles. The van der Waals surface area contributed by atoms with Crippen molar-refractivity contribution in [2.75, 3.05) is 0 Å². The highest BCUT2D eigenvalue weighted by molar-refractivity contribution is 5.95. The maximum absolute atomic E-state index is 13.7. The molecule has 0 saturated carbocycles. The van der Waals surface area contributed by atoms with Crippen LogP contribution in [-0.4, -0.2) is 5.11 Å². The Hall–Kier alpha value is -2.61. The second-order valence-electron chi connectivity index (χ2n) is 6.41.